The molecule has 0 heterocycles. The fraction of sp³-hybridized carbons (Fsp3) is 0.350. The molecule has 0 saturated heterocycles. The Morgan fingerprint density at radius 3 is 2.62 bits per heavy atom. The maximum absolute atomic E-state index is 12.2. The Labute approximate surface area is 143 Å². The minimum atomic E-state index is -0.172. The maximum atomic E-state index is 12.2. The molecule has 0 fully saturated rings. The third-order valence-corrected chi connectivity index (χ3v) is 3.94. The molecule has 0 spiro atoms. The van der Waals surface area contributed by atoms with Crippen LogP contribution in [0.5, 0.6) is 0 Å². The first kappa shape index (κ1) is 18.0. The van der Waals surface area contributed by atoms with Gasteiger partial charge in [0, 0.05) is 13.2 Å². The summed E-state index contributed by atoms with van der Waals surface area (Å²) in [4.78, 5) is 12.2. The van der Waals surface area contributed by atoms with Crippen molar-refractivity contribution in [3.05, 3.63) is 71.3 Å². The highest BCUT2D eigenvalue weighted by molar-refractivity contribution is 5.74. The molecule has 0 bridgehead atoms. The summed E-state index contributed by atoms with van der Waals surface area (Å²) in [6.07, 6.45) is 2.18. The maximum Gasteiger partial charge on any atom is 0.315 e. The first-order chi connectivity index (χ1) is 11.7. The van der Waals surface area contributed by atoms with Crippen LogP contribution in [0.1, 0.15) is 35.6 Å². The van der Waals surface area contributed by atoms with Crippen molar-refractivity contribution < 1.29 is 9.90 Å². The monoisotopic (exact) mass is 326 g/mol. The SMILES string of the molecule is Cc1cccc(CCNC(=O)NC(CCCO)c2ccccc2)c1. The van der Waals surface area contributed by atoms with Gasteiger partial charge in [0.25, 0.3) is 0 Å². The van der Waals surface area contributed by atoms with Crippen molar-refractivity contribution in [3.8, 4) is 0 Å². The molecular weight excluding hydrogens is 300 g/mol. The van der Waals surface area contributed by atoms with Gasteiger partial charge in [-0.25, -0.2) is 4.79 Å². The van der Waals surface area contributed by atoms with E-state index in [2.05, 4.69) is 35.8 Å². The summed E-state index contributed by atoms with van der Waals surface area (Å²) in [5.41, 5.74) is 3.50. The molecule has 0 radical (unpaired) electrons. The van der Waals surface area contributed by atoms with E-state index in [-0.39, 0.29) is 18.7 Å². The Morgan fingerprint density at radius 2 is 1.92 bits per heavy atom. The van der Waals surface area contributed by atoms with Crippen molar-refractivity contribution in [1.82, 2.24) is 10.6 Å². The number of aliphatic hydroxyl groups is 1. The highest BCUT2D eigenvalue weighted by atomic mass is 16.3. The molecule has 2 amide bonds. The van der Waals surface area contributed by atoms with Gasteiger partial charge >= 0.3 is 6.03 Å². The molecule has 2 rings (SSSR count). The van der Waals surface area contributed by atoms with Gasteiger partial charge in [-0.3, -0.25) is 0 Å². The summed E-state index contributed by atoms with van der Waals surface area (Å²) < 4.78 is 0. The number of amides is 2. The number of aliphatic hydroxyl groups excluding tert-OH is 1. The van der Waals surface area contributed by atoms with Crippen molar-refractivity contribution in [2.45, 2.75) is 32.2 Å². The Balaban J connectivity index is 1.83. The minimum absolute atomic E-state index is 0.0858. The molecule has 0 aromatic heterocycles. The van der Waals surface area contributed by atoms with E-state index in [9.17, 15) is 4.79 Å². The molecule has 0 aliphatic rings. The zero-order valence-corrected chi connectivity index (χ0v) is 14.2. The van der Waals surface area contributed by atoms with E-state index in [0.29, 0.717) is 19.4 Å². The van der Waals surface area contributed by atoms with Gasteiger partial charge in [0.2, 0.25) is 0 Å². The molecule has 1 unspecified atom stereocenters. The fourth-order valence-corrected chi connectivity index (χ4v) is 2.70. The number of benzene rings is 2. The van der Waals surface area contributed by atoms with Gasteiger partial charge in [-0.05, 0) is 37.3 Å². The number of aryl methyl sites for hydroxylation is 1. The molecule has 0 aliphatic heterocycles. The number of carbonyl (C=O) groups is 1. The second-order valence-electron chi connectivity index (χ2n) is 5.97. The van der Waals surface area contributed by atoms with Gasteiger partial charge in [-0.1, -0.05) is 60.2 Å². The predicted octanol–water partition coefficient (Wildman–Crippen LogP) is 3.35. The predicted molar refractivity (Wildman–Crippen MR) is 96.9 cm³/mol. The summed E-state index contributed by atoms with van der Waals surface area (Å²) in [6, 6.07) is 17.9. The average Bonchev–Trinajstić information content (AvgIpc) is 2.59. The normalized spacial score (nSPS) is 11.8. The van der Waals surface area contributed by atoms with E-state index < -0.39 is 0 Å². The molecule has 3 N–H and O–H groups in total. The molecular formula is C20H26N2O2. The van der Waals surface area contributed by atoms with E-state index in [1.54, 1.807) is 0 Å². The van der Waals surface area contributed by atoms with Gasteiger partial charge in [-0.15, -0.1) is 0 Å². The van der Waals surface area contributed by atoms with Gasteiger partial charge < -0.3 is 15.7 Å². The van der Waals surface area contributed by atoms with Gasteiger partial charge in [0.05, 0.1) is 6.04 Å². The van der Waals surface area contributed by atoms with Crippen LogP contribution < -0.4 is 10.6 Å². The van der Waals surface area contributed by atoms with Crippen LogP contribution in [0.4, 0.5) is 4.79 Å². The van der Waals surface area contributed by atoms with E-state index in [0.717, 1.165) is 12.0 Å². The van der Waals surface area contributed by atoms with Crippen LogP contribution >= 0.6 is 0 Å². The van der Waals surface area contributed by atoms with E-state index in [4.69, 9.17) is 5.11 Å². The molecule has 128 valence electrons. The summed E-state index contributed by atoms with van der Waals surface area (Å²) in [5.74, 6) is 0. The van der Waals surface area contributed by atoms with Crippen molar-refractivity contribution in [2.24, 2.45) is 0 Å². The van der Waals surface area contributed by atoms with Gasteiger partial charge in [0.1, 0.15) is 0 Å². The lowest BCUT2D eigenvalue weighted by Gasteiger charge is -2.19. The number of hydrogen-bond acceptors (Lipinski definition) is 2. The number of hydrogen-bond donors (Lipinski definition) is 3. The number of rotatable bonds is 8. The summed E-state index contributed by atoms with van der Waals surface area (Å²) in [7, 11) is 0. The van der Waals surface area contributed by atoms with Crippen LogP contribution in [0.3, 0.4) is 0 Å². The van der Waals surface area contributed by atoms with E-state index >= 15 is 0 Å². The zero-order valence-electron chi connectivity index (χ0n) is 14.2. The van der Waals surface area contributed by atoms with Crippen LogP contribution in [0, 0.1) is 6.92 Å². The van der Waals surface area contributed by atoms with Crippen LogP contribution in [0.15, 0.2) is 54.6 Å². The topological polar surface area (TPSA) is 61.4 Å². The highest BCUT2D eigenvalue weighted by Crippen LogP contribution is 2.17. The van der Waals surface area contributed by atoms with Crippen LogP contribution in [0.2, 0.25) is 0 Å². The third-order valence-electron chi connectivity index (χ3n) is 3.94. The molecule has 2 aromatic rings. The smallest absolute Gasteiger partial charge is 0.315 e. The fourth-order valence-electron chi connectivity index (χ4n) is 2.70. The molecule has 1 atom stereocenters. The van der Waals surface area contributed by atoms with E-state index in [1.807, 2.05) is 36.4 Å². The highest BCUT2D eigenvalue weighted by Gasteiger charge is 2.13. The van der Waals surface area contributed by atoms with Gasteiger partial charge in [-0.2, -0.15) is 0 Å². The molecule has 4 nitrogen and oxygen atoms in total. The van der Waals surface area contributed by atoms with Crippen LogP contribution in [-0.2, 0) is 6.42 Å². The molecule has 2 aromatic carbocycles. The summed E-state index contributed by atoms with van der Waals surface area (Å²) in [5, 5.41) is 15.0. The first-order valence-corrected chi connectivity index (χ1v) is 8.45. The Morgan fingerprint density at radius 1 is 1.12 bits per heavy atom. The quantitative estimate of drug-likeness (QED) is 0.696. The summed E-state index contributed by atoms with van der Waals surface area (Å²) in [6.45, 7) is 2.78. The summed E-state index contributed by atoms with van der Waals surface area (Å²) >= 11 is 0. The standard InChI is InChI=1S/C20H26N2O2/c1-16-7-5-8-17(15-16)12-13-21-20(24)22-19(11-6-14-23)18-9-3-2-4-10-18/h2-5,7-10,15,19,23H,6,11-14H2,1H3,(H2,21,22,24). The van der Waals surface area contributed by atoms with Crippen molar-refractivity contribution >= 4 is 6.03 Å². The number of carbonyl (C=O) groups excluding carboxylic acids is 1. The number of urea groups is 1. The number of nitrogens with one attached hydrogen (secondary N) is 2. The van der Waals surface area contributed by atoms with Gasteiger partial charge in [0.15, 0.2) is 0 Å². The lowest BCUT2D eigenvalue weighted by molar-refractivity contribution is 0.233. The minimum Gasteiger partial charge on any atom is -0.396 e. The Kier molecular flexibility index (Phi) is 7.30. The molecule has 0 aliphatic carbocycles. The van der Waals surface area contributed by atoms with Crippen LogP contribution in [0.25, 0.3) is 0 Å². The van der Waals surface area contributed by atoms with Crippen LogP contribution in [-0.4, -0.2) is 24.3 Å². The van der Waals surface area contributed by atoms with Crippen molar-refractivity contribution in [2.75, 3.05) is 13.2 Å². The largest absolute Gasteiger partial charge is 0.396 e. The van der Waals surface area contributed by atoms with E-state index in [1.165, 1.54) is 11.1 Å². The lowest BCUT2D eigenvalue weighted by atomic mass is 10.0. The lowest BCUT2D eigenvalue weighted by Crippen LogP contribution is -2.39. The average molecular weight is 326 g/mol. The second kappa shape index (κ2) is 9.73. The molecule has 4 heteroatoms. The Hall–Kier alpha value is -2.33. The van der Waals surface area contributed by atoms with Crippen molar-refractivity contribution in [3.63, 3.8) is 0 Å². The zero-order chi connectivity index (χ0) is 17.2. The van der Waals surface area contributed by atoms with Crippen molar-refractivity contribution in [1.29, 1.82) is 0 Å². The Bertz CT molecular complexity index is 629. The third kappa shape index (κ3) is 6.05. The second-order valence-corrected chi connectivity index (χ2v) is 5.97. The molecule has 0 saturated carbocycles. The first-order valence-electron chi connectivity index (χ1n) is 8.45. The molecule has 24 heavy (non-hydrogen) atoms.